The number of hydrogen-bond donors (Lipinski definition) is 1. The highest BCUT2D eigenvalue weighted by atomic mass is 32.1. The Hall–Kier alpha value is -1.43. The molecule has 0 radical (unpaired) electrons. The van der Waals surface area contributed by atoms with Crippen LogP contribution in [0.4, 0.5) is 0 Å². The van der Waals surface area contributed by atoms with Gasteiger partial charge in [0.2, 0.25) is 11.8 Å². The lowest BCUT2D eigenvalue weighted by Crippen LogP contribution is -2.37. The van der Waals surface area contributed by atoms with Gasteiger partial charge in [0, 0.05) is 24.0 Å². The number of amides is 2. The molecule has 6 heteroatoms. The van der Waals surface area contributed by atoms with Gasteiger partial charge in [-0.25, -0.2) is 4.98 Å². The van der Waals surface area contributed by atoms with Crippen molar-refractivity contribution < 1.29 is 9.59 Å². The van der Waals surface area contributed by atoms with Crippen molar-refractivity contribution in [2.45, 2.75) is 26.3 Å². The molecule has 1 aliphatic rings. The van der Waals surface area contributed by atoms with Crippen molar-refractivity contribution >= 4 is 23.2 Å². The molecule has 2 amide bonds. The predicted molar refractivity (Wildman–Crippen MR) is 64.6 cm³/mol. The first kappa shape index (κ1) is 12.0. The van der Waals surface area contributed by atoms with Crippen molar-refractivity contribution in [2.24, 2.45) is 0 Å². The Morgan fingerprint density at radius 1 is 1.53 bits per heavy atom. The molecule has 2 rings (SSSR count). The van der Waals surface area contributed by atoms with Crippen LogP contribution in [0.1, 0.15) is 30.1 Å². The third-order valence-electron chi connectivity index (χ3n) is 2.80. The van der Waals surface area contributed by atoms with Gasteiger partial charge in [-0.1, -0.05) is 0 Å². The summed E-state index contributed by atoms with van der Waals surface area (Å²) in [5.41, 5.74) is 0.966. The molecular weight excluding hydrogens is 238 g/mol. The van der Waals surface area contributed by atoms with Gasteiger partial charge in [0.1, 0.15) is 5.01 Å². The highest BCUT2D eigenvalue weighted by molar-refractivity contribution is 7.09. The summed E-state index contributed by atoms with van der Waals surface area (Å²) >= 11 is 1.55. The van der Waals surface area contributed by atoms with Gasteiger partial charge in [-0.15, -0.1) is 11.3 Å². The third-order valence-corrected chi connectivity index (χ3v) is 3.93. The Morgan fingerprint density at radius 2 is 2.29 bits per heavy atom. The normalized spacial score (nSPS) is 18.8. The Kier molecular flexibility index (Phi) is 3.42. The van der Waals surface area contributed by atoms with Crippen LogP contribution in [0.5, 0.6) is 0 Å². The van der Waals surface area contributed by atoms with E-state index in [1.807, 2.05) is 19.2 Å². The maximum Gasteiger partial charge on any atom is 0.242 e. The van der Waals surface area contributed by atoms with Gasteiger partial charge < -0.3 is 10.2 Å². The Labute approximate surface area is 104 Å². The molecule has 0 bridgehead atoms. The molecule has 1 fully saturated rings. The smallest absolute Gasteiger partial charge is 0.242 e. The monoisotopic (exact) mass is 253 g/mol. The fourth-order valence-electron chi connectivity index (χ4n) is 1.82. The number of carbonyl (C=O) groups excluding carboxylic acids is 2. The summed E-state index contributed by atoms with van der Waals surface area (Å²) in [6.45, 7) is 4.44. The zero-order valence-electron chi connectivity index (χ0n) is 9.90. The number of thiazole rings is 1. The van der Waals surface area contributed by atoms with Crippen LogP contribution in [0.25, 0.3) is 0 Å². The Morgan fingerprint density at radius 3 is 2.94 bits per heavy atom. The van der Waals surface area contributed by atoms with Crippen LogP contribution < -0.4 is 5.32 Å². The molecule has 1 aromatic rings. The summed E-state index contributed by atoms with van der Waals surface area (Å²) in [5.74, 6) is -0.112. The van der Waals surface area contributed by atoms with Gasteiger partial charge >= 0.3 is 0 Å². The van der Waals surface area contributed by atoms with Crippen molar-refractivity contribution in [3.63, 3.8) is 0 Å². The van der Waals surface area contributed by atoms with Gasteiger partial charge in [0.15, 0.2) is 0 Å². The van der Waals surface area contributed by atoms with E-state index in [4.69, 9.17) is 0 Å². The number of carbonyl (C=O) groups is 2. The maximum atomic E-state index is 11.9. The van der Waals surface area contributed by atoms with Gasteiger partial charge in [0.25, 0.3) is 0 Å². The highest BCUT2D eigenvalue weighted by Gasteiger charge is 2.26. The number of hydrogen-bond acceptors (Lipinski definition) is 4. The first-order chi connectivity index (χ1) is 8.08. The lowest BCUT2D eigenvalue weighted by molar-refractivity contribution is -0.132. The minimum absolute atomic E-state index is 0.0452. The molecule has 1 N–H and O–H groups in total. The van der Waals surface area contributed by atoms with E-state index in [-0.39, 0.29) is 24.4 Å². The minimum atomic E-state index is -0.0663. The van der Waals surface area contributed by atoms with Crippen LogP contribution in [-0.2, 0) is 9.59 Å². The topological polar surface area (TPSA) is 62.3 Å². The molecule has 0 spiro atoms. The molecule has 0 aliphatic carbocycles. The van der Waals surface area contributed by atoms with Crippen molar-refractivity contribution in [1.29, 1.82) is 0 Å². The van der Waals surface area contributed by atoms with Crippen LogP contribution in [0.2, 0.25) is 0 Å². The largest absolute Gasteiger partial charge is 0.347 e. The molecule has 0 aromatic carbocycles. The molecule has 0 saturated carbocycles. The fraction of sp³-hybridized carbons (Fsp3) is 0.545. The van der Waals surface area contributed by atoms with Gasteiger partial charge in [-0.2, -0.15) is 0 Å². The molecule has 1 unspecified atom stereocenters. The van der Waals surface area contributed by atoms with Gasteiger partial charge in [-0.3, -0.25) is 9.59 Å². The SMILES string of the molecule is Cc1csc(C(C)N2CCC(=O)NCC2=O)n1. The van der Waals surface area contributed by atoms with Gasteiger partial charge in [0.05, 0.1) is 12.6 Å². The van der Waals surface area contributed by atoms with Crippen molar-refractivity contribution in [3.8, 4) is 0 Å². The van der Waals surface area contributed by atoms with Crippen LogP contribution in [0.15, 0.2) is 5.38 Å². The number of rotatable bonds is 2. The number of aromatic nitrogens is 1. The van der Waals surface area contributed by atoms with E-state index in [0.29, 0.717) is 13.0 Å². The summed E-state index contributed by atoms with van der Waals surface area (Å²) in [5, 5.41) is 5.48. The average Bonchev–Trinajstić information content (AvgIpc) is 2.65. The lowest BCUT2D eigenvalue weighted by atomic mass is 10.2. The lowest BCUT2D eigenvalue weighted by Gasteiger charge is -2.25. The van der Waals surface area contributed by atoms with Crippen LogP contribution >= 0.6 is 11.3 Å². The number of nitrogens with one attached hydrogen (secondary N) is 1. The summed E-state index contributed by atoms with van der Waals surface area (Å²) in [4.78, 5) is 29.2. The third kappa shape index (κ3) is 2.63. The number of nitrogens with zero attached hydrogens (tertiary/aromatic N) is 2. The summed E-state index contributed by atoms with van der Waals surface area (Å²) < 4.78 is 0. The van der Waals surface area contributed by atoms with E-state index in [1.54, 1.807) is 16.2 Å². The molecule has 1 aliphatic heterocycles. The van der Waals surface area contributed by atoms with Crippen LogP contribution in [0.3, 0.4) is 0 Å². The molecule has 17 heavy (non-hydrogen) atoms. The Bertz CT molecular complexity index is 444. The summed E-state index contributed by atoms with van der Waals surface area (Å²) in [6, 6.07) is -0.0612. The Balaban J connectivity index is 2.15. The zero-order valence-corrected chi connectivity index (χ0v) is 10.7. The van der Waals surface area contributed by atoms with E-state index in [2.05, 4.69) is 10.3 Å². The molecule has 5 nitrogen and oxygen atoms in total. The maximum absolute atomic E-state index is 11.9. The number of aryl methyl sites for hydroxylation is 1. The average molecular weight is 253 g/mol. The quantitative estimate of drug-likeness (QED) is 0.850. The van der Waals surface area contributed by atoms with Crippen molar-refractivity contribution in [2.75, 3.05) is 13.1 Å². The van der Waals surface area contributed by atoms with Crippen LogP contribution in [-0.4, -0.2) is 34.8 Å². The highest BCUT2D eigenvalue weighted by Crippen LogP contribution is 2.24. The van der Waals surface area contributed by atoms with Crippen molar-refractivity contribution in [1.82, 2.24) is 15.2 Å². The zero-order chi connectivity index (χ0) is 12.4. The first-order valence-corrected chi connectivity index (χ1v) is 6.44. The predicted octanol–water partition coefficient (Wildman–Crippen LogP) is 0.861. The van der Waals surface area contributed by atoms with E-state index in [0.717, 1.165) is 10.7 Å². The molecule has 2 heterocycles. The molecule has 1 aromatic heterocycles. The molecule has 1 saturated heterocycles. The van der Waals surface area contributed by atoms with Crippen molar-refractivity contribution in [3.05, 3.63) is 16.1 Å². The van der Waals surface area contributed by atoms with Gasteiger partial charge in [-0.05, 0) is 13.8 Å². The summed E-state index contributed by atoms with van der Waals surface area (Å²) in [7, 11) is 0. The summed E-state index contributed by atoms with van der Waals surface area (Å²) in [6.07, 6.45) is 0.362. The molecule has 92 valence electrons. The minimum Gasteiger partial charge on any atom is -0.347 e. The second-order valence-corrected chi connectivity index (χ2v) is 5.01. The van der Waals surface area contributed by atoms with E-state index in [9.17, 15) is 9.59 Å². The van der Waals surface area contributed by atoms with E-state index in [1.165, 1.54) is 0 Å². The van der Waals surface area contributed by atoms with E-state index < -0.39 is 0 Å². The molecule has 1 atom stereocenters. The first-order valence-electron chi connectivity index (χ1n) is 5.56. The molecular formula is C11H15N3O2S. The van der Waals surface area contributed by atoms with Crippen LogP contribution in [0, 0.1) is 6.92 Å². The van der Waals surface area contributed by atoms with E-state index >= 15 is 0 Å². The fourth-order valence-corrected chi connectivity index (χ4v) is 2.68. The second kappa shape index (κ2) is 4.83. The second-order valence-electron chi connectivity index (χ2n) is 4.12. The standard InChI is InChI=1S/C11H15N3O2S/c1-7-6-17-11(13-7)8(2)14-4-3-9(15)12-5-10(14)16/h6,8H,3-5H2,1-2H3,(H,12,15).